The molecule has 1 aromatic heterocycles. The first kappa shape index (κ1) is 17.7. The number of benzene rings is 2. The number of para-hydroxylation sites is 3. The Bertz CT molecular complexity index is 933. The first-order valence-corrected chi connectivity index (χ1v) is 8.45. The van der Waals surface area contributed by atoms with Crippen LogP contribution in [0, 0.1) is 0 Å². The molecule has 6 nitrogen and oxygen atoms in total. The van der Waals surface area contributed by atoms with E-state index in [1.807, 2.05) is 59.2 Å². The minimum atomic E-state index is -0.0499. The van der Waals surface area contributed by atoms with Gasteiger partial charge >= 0.3 is 0 Å². The van der Waals surface area contributed by atoms with Gasteiger partial charge in [-0.3, -0.25) is 9.59 Å². The Balaban J connectivity index is 1.92. The van der Waals surface area contributed by atoms with Crippen molar-refractivity contribution in [3.8, 4) is 0 Å². The SMILES string of the molecule is CC(=O)N(C)Cc1nc2ccccc2n1CC(=O)N(C)c1ccccc1. The van der Waals surface area contributed by atoms with Gasteiger partial charge in [-0.1, -0.05) is 30.3 Å². The molecule has 0 spiro atoms. The van der Waals surface area contributed by atoms with E-state index in [1.165, 1.54) is 6.92 Å². The lowest BCUT2D eigenvalue weighted by molar-refractivity contribution is -0.128. The van der Waals surface area contributed by atoms with Crippen molar-refractivity contribution in [1.29, 1.82) is 0 Å². The Labute approximate surface area is 152 Å². The summed E-state index contributed by atoms with van der Waals surface area (Å²) in [5.74, 6) is 0.598. The lowest BCUT2D eigenvalue weighted by Gasteiger charge is -2.20. The third-order valence-corrected chi connectivity index (χ3v) is 4.46. The molecule has 0 atom stereocenters. The summed E-state index contributed by atoms with van der Waals surface area (Å²) in [6, 6.07) is 17.2. The van der Waals surface area contributed by atoms with Crippen molar-refractivity contribution in [3.63, 3.8) is 0 Å². The maximum absolute atomic E-state index is 12.8. The van der Waals surface area contributed by atoms with Gasteiger partial charge in [0.2, 0.25) is 11.8 Å². The van der Waals surface area contributed by atoms with Crippen molar-refractivity contribution in [3.05, 3.63) is 60.4 Å². The van der Waals surface area contributed by atoms with E-state index >= 15 is 0 Å². The van der Waals surface area contributed by atoms with Crippen LogP contribution in [0.5, 0.6) is 0 Å². The Morgan fingerprint density at radius 3 is 2.35 bits per heavy atom. The molecule has 1 heterocycles. The van der Waals surface area contributed by atoms with Crippen molar-refractivity contribution >= 4 is 28.5 Å². The fourth-order valence-electron chi connectivity index (χ4n) is 2.78. The monoisotopic (exact) mass is 350 g/mol. The number of carbonyl (C=O) groups is 2. The zero-order valence-electron chi connectivity index (χ0n) is 15.2. The van der Waals surface area contributed by atoms with Gasteiger partial charge in [0.05, 0.1) is 17.6 Å². The molecule has 6 heteroatoms. The summed E-state index contributed by atoms with van der Waals surface area (Å²) in [6.45, 7) is 2.03. The normalized spacial score (nSPS) is 10.7. The molecular formula is C20H22N4O2. The van der Waals surface area contributed by atoms with Crippen LogP contribution in [0.2, 0.25) is 0 Å². The van der Waals surface area contributed by atoms with Crippen LogP contribution in [-0.2, 0) is 22.7 Å². The smallest absolute Gasteiger partial charge is 0.246 e. The van der Waals surface area contributed by atoms with Crippen LogP contribution >= 0.6 is 0 Å². The number of anilines is 1. The fraction of sp³-hybridized carbons (Fsp3) is 0.250. The van der Waals surface area contributed by atoms with E-state index in [9.17, 15) is 9.59 Å². The molecule has 26 heavy (non-hydrogen) atoms. The van der Waals surface area contributed by atoms with Crippen LogP contribution in [0.15, 0.2) is 54.6 Å². The van der Waals surface area contributed by atoms with Gasteiger partial charge in [-0.15, -0.1) is 0 Å². The molecule has 0 radical (unpaired) electrons. The van der Waals surface area contributed by atoms with Crippen LogP contribution in [0.4, 0.5) is 5.69 Å². The molecule has 0 unspecified atom stereocenters. The van der Waals surface area contributed by atoms with Crippen molar-refractivity contribution in [2.75, 3.05) is 19.0 Å². The molecule has 0 saturated heterocycles. The van der Waals surface area contributed by atoms with Crippen LogP contribution in [-0.4, -0.2) is 40.4 Å². The van der Waals surface area contributed by atoms with Crippen molar-refractivity contribution in [2.24, 2.45) is 0 Å². The second kappa shape index (κ2) is 7.39. The molecule has 2 aromatic carbocycles. The molecule has 0 aliphatic carbocycles. The molecule has 3 rings (SSSR count). The molecule has 134 valence electrons. The summed E-state index contributed by atoms with van der Waals surface area (Å²) < 4.78 is 1.89. The molecule has 0 saturated carbocycles. The highest BCUT2D eigenvalue weighted by Gasteiger charge is 2.18. The van der Waals surface area contributed by atoms with E-state index in [4.69, 9.17) is 0 Å². The highest BCUT2D eigenvalue weighted by atomic mass is 16.2. The van der Waals surface area contributed by atoms with Gasteiger partial charge < -0.3 is 14.4 Å². The van der Waals surface area contributed by atoms with E-state index in [2.05, 4.69) is 4.98 Å². The first-order valence-electron chi connectivity index (χ1n) is 8.45. The number of hydrogen-bond donors (Lipinski definition) is 0. The van der Waals surface area contributed by atoms with Crippen LogP contribution in [0.25, 0.3) is 11.0 Å². The molecule has 0 bridgehead atoms. The van der Waals surface area contributed by atoms with E-state index in [0.29, 0.717) is 12.4 Å². The summed E-state index contributed by atoms with van der Waals surface area (Å²) in [6.07, 6.45) is 0. The van der Waals surface area contributed by atoms with Gasteiger partial charge in [-0.2, -0.15) is 0 Å². The number of hydrogen-bond acceptors (Lipinski definition) is 3. The zero-order valence-corrected chi connectivity index (χ0v) is 15.2. The Kier molecular flexibility index (Phi) is 5.02. The summed E-state index contributed by atoms with van der Waals surface area (Å²) >= 11 is 0. The average Bonchev–Trinajstić information content (AvgIpc) is 2.99. The van der Waals surface area contributed by atoms with Crippen molar-refractivity contribution < 1.29 is 9.59 Å². The van der Waals surface area contributed by atoms with E-state index in [-0.39, 0.29) is 18.4 Å². The number of aromatic nitrogens is 2. The number of rotatable bonds is 5. The summed E-state index contributed by atoms with van der Waals surface area (Å²) in [5.41, 5.74) is 2.54. The maximum atomic E-state index is 12.8. The van der Waals surface area contributed by atoms with Crippen molar-refractivity contribution in [1.82, 2.24) is 14.5 Å². The number of likely N-dealkylation sites (N-methyl/N-ethyl adjacent to an activating group) is 1. The van der Waals surface area contributed by atoms with Gasteiger partial charge in [0.15, 0.2) is 0 Å². The zero-order chi connectivity index (χ0) is 18.7. The minimum Gasteiger partial charge on any atom is -0.339 e. The topological polar surface area (TPSA) is 58.4 Å². The molecule has 0 fully saturated rings. The molecule has 3 aromatic rings. The molecule has 0 aliphatic heterocycles. The van der Waals surface area contributed by atoms with Crippen LogP contribution < -0.4 is 4.90 Å². The fourth-order valence-corrected chi connectivity index (χ4v) is 2.78. The summed E-state index contributed by atoms with van der Waals surface area (Å²) in [5, 5.41) is 0. The van der Waals surface area contributed by atoms with Gasteiger partial charge in [-0.05, 0) is 24.3 Å². The van der Waals surface area contributed by atoms with Crippen LogP contribution in [0.3, 0.4) is 0 Å². The predicted molar refractivity (Wildman–Crippen MR) is 102 cm³/mol. The lowest BCUT2D eigenvalue weighted by Crippen LogP contribution is -2.31. The lowest BCUT2D eigenvalue weighted by atomic mass is 10.3. The minimum absolute atomic E-state index is 0.0451. The highest BCUT2D eigenvalue weighted by molar-refractivity contribution is 5.93. The largest absolute Gasteiger partial charge is 0.339 e. The molecule has 0 N–H and O–H groups in total. The number of nitrogens with zero attached hydrogens (tertiary/aromatic N) is 4. The third-order valence-electron chi connectivity index (χ3n) is 4.46. The van der Waals surface area contributed by atoms with Gasteiger partial charge in [0, 0.05) is 26.7 Å². The van der Waals surface area contributed by atoms with Crippen LogP contribution in [0.1, 0.15) is 12.7 Å². The standard InChI is InChI=1S/C20H22N4O2/c1-15(25)22(2)13-19-21-17-11-7-8-12-18(17)24(19)14-20(26)23(3)16-9-5-4-6-10-16/h4-12H,13-14H2,1-3H3. The molecule has 0 aliphatic rings. The quantitative estimate of drug-likeness (QED) is 0.711. The average molecular weight is 350 g/mol. The highest BCUT2D eigenvalue weighted by Crippen LogP contribution is 2.19. The third kappa shape index (κ3) is 3.59. The van der Waals surface area contributed by atoms with Gasteiger partial charge in [-0.25, -0.2) is 4.98 Å². The Hall–Kier alpha value is -3.15. The second-order valence-corrected chi connectivity index (χ2v) is 6.27. The Morgan fingerprint density at radius 1 is 1.00 bits per heavy atom. The Morgan fingerprint density at radius 2 is 1.65 bits per heavy atom. The number of carbonyl (C=O) groups excluding carboxylic acids is 2. The second-order valence-electron chi connectivity index (χ2n) is 6.27. The van der Waals surface area contributed by atoms with E-state index in [0.717, 1.165) is 16.7 Å². The molecule has 2 amide bonds. The summed E-state index contributed by atoms with van der Waals surface area (Å²) in [7, 11) is 3.49. The number of amides is 2. The van der Waals surface area contributed by atoms with E-state index < -0.39 is 0 Å². The number of fused-ring (bicyclic) bond motifs is 1. The van der Waals surface area contributed by atoms with Gasteiger partial charge in [0.1, 0.15) is 12.4 Å². The van der Waals surface area contributed by atoms with Crippen molar-refractivity contribution in [2.45, 2.75) is 20.0 Å². The van der Waals surface area contributed by atoms with E-state index in [1.54, 1.807) is 23.9 Å². The number of imidazole rings is 1. The molecular weight excluding hydrogens is 328 g/mol. The maximum Gasteiger partial charge on any atom is 0.246 e. The first-order chi connectivity index (χ1) is 12.5. The van der Waals surface area contributed by atoms with Gasteiger partial charge in [0.25, 0.3) is 0 Å². The summed E-state index contributed by atoms with van der Waals surface area (Å²) in [4.78, 5) is 32.3. The predicted octanol–water partition coefficient (Wildman–Crippen LogP) is 2.68.